The molecule has 0 radical (unpaired) electrons. The van der Waals surface area contributed by atoms with Crippen molar-refractivity contribution in [3.63, 3.8) is 0 Å². The molecule has 1 atom stereocenters. The molecule has 1 unspecified atom stereocenters. The maximum Gasteiger partial charge on any atom is 0.222 e. The van der Waals surface area contributed by atoms with Gasteiger partial charge in [0.15, 0.2) is 0 Å². The van der Waals surface area contributed by atoms with E-state index in [1.807, 2.05) is 4.90 Å². The van der Waals surface area contributed by atoms with E-state index in [1.54, 1.807) is 0 Å². The van der Waals surface area contributed by atoms with E-state index in [4.69, 9.17) is 4.74 Å². The minimum Gasteiger partial charge on any atom is -0.378 e. The Morgan fingerprint density at radius 3 is 2.94 bits per heavy atom. The van der Waals surface area contributed by atoms with E-state index in [2.05, 4.69) is 19.2 Å². The molecule has 4 heteroatoms. The number of rotatable bonds is 3. The van der Waals surface area contributed by atoms with Crippen molar-refractivity contribution < 1.29 is 9.53 Å². The standard InChI is InChI=1S/C14H26N2O2/c1-14(2)11-16(9-8-15-14)13(17)7-6-12-5-3-4-10-18-12/h12,15H,3-11H2,1-2H3. The number of piperazine rings is 1. The van der Waals surface area contributed by atoms with Gasteiger partial charge >= 0.3 is 0 Å². The summed E-state index contributed by atoms with van der Waals surface area (Å²) in [5, 5.41) is 3.43. The summed E-state index contributed by atoms with van der Waals surface area (Å²) in [5.41, 5.74) is 0.0508. The summed E-state index contributed by atoms with van der Waals surface area (Å²) in [7, 11) is 0. The molecule has 104 valence electrons. The molecular formula is C14H26N2O2. The quantitative estimate of drug-likeness (QED) is 0.831. The Balaban J connectivity index is 1.73. The number of amides is 1. The third-order valence-corrected chi connectivity index (χ3v) is 3.88. The van der Waals surface area contributed by atoms with Crippen LogP contribution in [-0.4, -0.2) is 48.7 Å². The number of carbonyl (C=O) groups excluding carboxylic acids is 1. The van der Waals surface area contributed by atoms with Crippen molar-refractivity contribution in [3.8, 4) is 0 Å². The molecule has 2 rings (SSSR count). The number of hydrogen-bond donors (Lipinski definition) is 1. The summed E-state index contributed by atoms with van der Waals surface area (Å²) in [6.07, 6.45) is 5.40. The van der Waals surface area contributed by atoms with Crippen molar-refractivity contribution in [1.29, 1.82) is 0 Å². The van der Waals surface area contributed by atoms with Crippen molar-refractivity contribution >= 4 is 5.91 Å². The summed E-state index contributed by atoms with van der Waals surface area (Å²) in [6, 6.07) is 0. The van der Waals surface area contributed by atoms with Gasteiger partial charge in [0.2, 0.25) is 5.91 Å². The minimum absolute atomic E-state index is 0.0508. The molecule has 2 aliphatic heterocycles. The first-order valence-electron chi connectivity index (χ1n) is 7.21. The molecule has 1 amide bonds. The molecule has 2 saturated heterocycles. The van der Waals surface area contributed by atoms with Gasteiger partial charge in [0, 0.05) is 38.2 Å². The summed E-state index contributed by atoms with van der Waals surface area (Å²) in [4.78, 5) is 14.2. The Kier molecular flexibility index (Phi) is 4.62. The zero-order valence-electron chi connectivity index (χ0n) is 11.7. The van der Waals surface area contributed by atoms with E-state index in [0.717, 1.165) is 39.1 Å². The lowest BCUT2D eigenvalue weighted by molar-refractivity contribution is -0.134. The smallest absolute Gasteiger partial charge is 0.222 e. The van der Waals surface area contributed by atoms with E-state index in [0.29, 0.717) is 18.4 Å². The summed E-state index contributed by atoms with van der Waals surface area (Å²) in [5.74, 6) is 0.291. The lowest BCUT2D eigenvalue weighted by Gasteiger charge is -2.39. The van der Waals surface area contributed by atoms with Gasteiger partial charge in [-0.2, -0.15) is 0 Å². The maximum absolute atomic E-state index is 12.2. The molecule has 2 fully saturated rings. The molecule has 0 aromatic rings. The fraction of sp³-hybridized carbons (Fsp3) is 0.929. The van der Waals surface area contributed by atoms with Crippen LogP contribution in [0, 0.1) is 0 Å². The molecule has 4 nitrogen and oxygen atoms in total. The topological polar surface area (TPSA) is 41.6 Å². The molecule has 0 aliphatic carbocycles. The SMILES string of the molecule is CC1(C)CN(C(=O)CCC2CCCCO2)CCN1. The first kappa shape index (κ1) is 13.8. The summed E-state index contributed by atoms with van der Waals surface area (Å²) >= 11 is 0. The van der Waals surface area contributed by atoms with E-state index < -0.39 is 0 Å². The maximum atomic E-state index is 12.2. The highest BCUT2D eigenvalue weighted by molar-refractivity contribution is 5.76. The molecule has 0 aromatic heterocycles. The second-order valence-corrected chi connectivity index (χ2v) is 6.15. The van der Waals surface area contributed by atoms with Crippen LogP contribution in [0.2, 0.25) is 0 Å². The van der Waals surface area contributed by atoms with Crippen LogP contribution in [0.4, 0.5) is 0 Å². The van der Waals surface area contributed by atoms with Gasteiger partial charge in [0.1, 0.15) is 0 Å². The molecule has 0 saturated carbocycles. The minimum atomic E-state index is 0.0508. The molecule has 2 aliphatic rings. The molecule has 18 heavy (non-hydrogen) atoms. The lowest BCUT2D eigenvalue weighted by atomic mass is 10.0. The van der Waals surface area contributed by atoms with Crippen molar-refractivity contribution in [1.82, 2.24) is 10.2 Å². The number of nitrogens with one attached hydrogen (secondary N) is 1. The van der Waals surface area contributed by atoms with E-state index in [1.165, 1.54) is 12.8 Å². The van der Waals surface area contributed by atoms with Gasteiger partial charge < -0.3 is 15.0 Å². The van der Waals surface area contributed by atoms with Crippen LogP contribution in [0.1, 0.15) is 46.0 Å². The zero-order valence-corrected chi connectivity index (χ0v) is 11.7. The van der Waals surface area contributed by atoms with E-state index >= 15 is 0 Å². The highest BCUT2D eigenvalue weighted by Gasteiger charge is 2.28. The van der Waals surface area contributed by atoms with Crippen LogP contribution in [-0.2, 0) is 9.53 Å². The Morgan fingerprint density at radius 2 is 2.28 bits per heavy atom. The third kappa shape index (κ3) is 3.95. The molecule has 0 bridgehead atoms. The second-order valence-electron chi connectivity index (χ2n) is 6.15. The average molecular weight is 254 g/mol. The number of carbonyl (C=O) groups is 1. The average Bonchev–Trinajstić information content (AvgIpc) is 2.36. The first-order chi connectivity index (χ1) is 8.57. The van der Waals surface area contributed by atoms with Crippen molar-refractivity contribution in [3.05, 3.63) is 0 Å². The summed E-state index contributed by atoms with van der Waals surface area (Å²) < 4.78 is 5.67. The number of hydrogen-bond acceptors (Lipinski definition) is 3. The fourth-order valence-corrected chi connectivity index (χ4v) is 2.83. The largest absolute Gasteiger partial charge is 0.378 e. The highest BCUT2D eigenvalue weighted by atomic mass is 16.5. The van der Waals surface area contributed by atoms with Gasteiger partial charge in [-0.15, -0.1) is 0 Å². The predicted octanol–water partition coefficient (Wildman–Crippen LogP) is 1.55. The monoisotopic (exact) mass is 254 g/mol. The van der Waals surface area contributed by atoms with Gasteiger partial charge in [-0.3, -0.25) is 4.79 Å². The Bertz CT molecular complexity index is 286. The van der Waals surface area contributed by atoms with Gasteiger partial charge in [0.25, 0.3) is 0 Å². The van der Waals surface area contributed by atoms with Crippen molar-refractivity contribution in [2.75, 3.05) is 26.2 Å². The van der Waals surface area contributed by atoms with Crippen molar-refractivity contribution in [2.24, 2.45) is 0 Å². The van der Waals surface area contributed by atoms with E-state index in [9.17, 15) is 4.79 Å². The number of nitrogens with zero attached hydrogens (tertiary/aromatic N) is 1. The third-order valence-electron chi connectivity index (χ3n) is 3.88. The Labute approximate surface area is 110 Å². The van der Waals surface area contributed by atoms with Gasteiger partial charge in [-0.1, -0.05) is 0 Å². The molecule has 2 heterocycles. The van der Waals surface area contributed by atoms with E-state index in [-0.39, 0.29) is 5.54 Å². The molecule has 0 spiro atoms. The Hall–Kier alpha value is -0.610. The first-order valence-corrected chi connectivity index (χ1v) is 7.21. The summed E-state index contributed by atoms with van der Waals surface area (Å²) in [6.45, 7) is 7.73. The van der Waals surface area contributed by atoms with Crippen LogP contribution in [0.15, 0.2) is 0 Å². The van der Waals surface area contributed by atoms with Crippen LogP contribution < -0.4 is 5.32 Å². The predicted molar refractivity (Wildman–Crippen MR) is 71.5 cm³/mol. The molecule has 0 aromatic carbocycles. The number of ether oxygens (including phenoxy) is 1. The normalized spacial score (nSPS) is 28.1. The van der Waals surface area contributed by atoms with Crippen molar-refractivity contribution in [2.45, 2.75) is 57.6 Å². The highest BCUT2D eigenvalue weighted by Crippen LogP contribution is 2.18. The molecular weight excluding hydrogens is 228 g/mol. The van der Waals surface area contributed by atoms with Crippen LogP contribution in [0.5, 0.6) is 0 Å². The second kappa shape index (κ2) is 6.02. The van der Waals surface area contributed by atoms with Gasteiger partial charge in [-0.25, -0.2) is 0 Å². The van der Waals surface area contributed by atoms with Gasteiger partial charge in [0.05, 0.1) is 6.10 Å². The van der Waals surface area contributed by atoms with Crippen LogP contribution in [0.25, 0.3) is 0 Å². The fourth-order valence-electron chi connectivity index (χ4n) is 2.83. The van der Waals surface area contributed by atoms with Crippen LogP contribution >= 0.6 is 0 Å². The Morgan fingerprint density at radius 1 is 1.44 bits per heavy atom. The molecule has 1 N–H and O–H groups in total. The lowest BCUT2D eigenvalue weighted by Crippen LogP contribution is -2.58. The van der Waals surface area contributed by atoms with Gasteiger partial charge in [-0.05, 0) is 39.5 Å². The zero-order chi connectivity index (χ0) is 13.0. The van der Waals surface area contributed by atoms with Crippen LogP contribution in [0.3, 0.4) is 0 Å².